The van der Waals surface area contributed by atoms with E-state index in [0.717, 1.165) is 49.0 Å². The van der Waals surface area contributed by atoms with Gasteiger partial charge in [0.25, 0.3) is 5.56 Å². The highest BCUT2D eigenvalue weighted by Crippen LogP contribution is 2.28. The van der Waals surface area contributed by atoms with Crippen molar-refractivity contribution in [1.29, 1.82) is 0 Å². The summed E-state index contributed by atoms with van der Waals surface area (Å²) in [5.74, 6) is 2.10. The van der Waals surface area contributed by atoms with Crippen LogP contribution in [-0.2, 0) is 13.0 Å². The molecule has 0 unspecified atom stereocenters. The second kappa shape index (κ2) is 7.31. The molecule has 6 heteroatoms. The van der Waals surface area contributed by atoms with Crippen molar-refractivity contribution in [2.45, 2.75) is 25.8 Å². The predicted octanol–water partition coefficient (Wildman–Crippen LogP) is 3.21. The first-order valence-electron chi connectivity index (χ1n) is 9.18. The van der Waals surface area contributed by atoms with Gasteiger partial charge in [-0.1, -0.05) is 12.1 Å². The van der Waals surface area contributed by atoms with Crippen molar-refractivity contribution in [2.75, 3.05) is 26.1 Å². The first-order chi connectivity index (χ1) is 13.2. The Morgan fingerprint density at radius 1 is 1.04 bits per heavy atom. The third-order valence-corrected chi connectivity index (χ3v) is 4.97. The Kier molecular flexibility index (Phi) is 4.71. The summed E-state index contributed by atoms with van der Waals surface area (Å²) in [5.41, 5.74) is 2.97. The molecule has 1 aliphatic heterocycles. The van der Waals surface area contributed by atoms with Crippen LogP contribution >= 0.6 is 0 Å². The van der Waals surface area contributed by atoms with Crippen LogP contribution in [0.1, 0.15) is 24.0 Å². The van der Waals surface area contributed by atoms with E-state index in [-0.39, 0.29) is 5.56 Å². The maximum atomic E-state index is 12.8. The lowest BCUT2D eigenvalue weighted by Gasteiger charge is -2.12. The second-order valence-corrected chi connectivity index (χ2v) is 6.74. The average Bonchev–Trinajstić information content (AvgIpc) is 2.93. The van der Waals surface area contributed by atoms with Crippen LogP contribution < -0.4 is 20.3 Å². The molecule has 0 amide bonds. The van der Waals surface area contributed by atoms with Crippen molar-refractivity contribution in [2.24, 2.45) is 0 Å². The fourth-order valence-electron chi connectivity index (χ4n) is 3.54. The minimum Gasteiger partial charge on any atom is -0.493 e. The number of methoxy groups -OCH3 is 2. The maximum Gasteiger partial charge on any atom is 0.262 e. The molecule has 4 rings (SSSR count). The lowest BCUT2D eigenvalue weighted by Crippen LogP contribution is -2.23. The number of fused-ring (bicyclic) bond motifs is 2. The van der Waals surface area contributed by atoms with E-state index >= 15 is 0 Å². The Balaban J connectivity index is 1.70. The molecule has 0 fully saturated rings. The molecule has 6 nitrogen and oxygen atoms in total. The molecule has 0 aliphatic carbocycles. The van der Waals surface area contributed by atoms with Crippen LogP contribution in [-0.4, -0.2) is 30.3 Å². The molecule has 0 radical (unpaired) electrons. The van der Waals surface area contributed by atoms with Crippen molar-refractivity contribution in [3.05, 3.63) is 57.9 Å². The summed E-state index contributed by atoms with van der Waals surface area (Å²) in [4.78, 5) is 17.5. The van der Waals surface area contributed by atoms with Gasteiger partial charge in [0.2, 0.25) is 5.95 Å². The predicted molar refractivity (Wildman–Crippen MR) is 106 cm³/mol. The summed E-state index contributed by atoms with van der Waals surface area (Å²) in [5, 5.41) is 3.94. The summed E-state index contributed by atoms with van der Waals surface area (Å²) in [6, 6.07) is 11.8. The Hall–Kier alpha value is -3.02. The van der Waals surface area contributed by atoms with Crippen LogP contribution in [0.3, 0.4) is 0 Å². The molecule has 27 heavy (non-hydrogen) atoms. The van der Waals surface area contributed by atoms with Crippen molar-refractivity contribution in [3.63, 3.8) is 0 Å². The molecule has 1 aromatic heterocycles. The quantitative estimate of drug-likeness (QED) is 0.769. The number of nitrogens with one attached hydrogen (secondary N) is 1. The van der Waals surface area contributed by atoms with Crippen molar-refractivity contribution < 1.29 is 9.47 Å². The maximum absolute atomic E-state index is 12.8. The molecule has 140 valence electrons. The summed E-state index contributed by atoms with van der Waals surface area (Å²) in [6.45, 7) is 1.57. The average molecular weight is 365 g/mol. The minimum absolute atomic E-state index is 0.0297. The lowest BCUT2D eigenvalue weighted by molar-refractivity contribution is 0.354. The van der Waals surface area contributed by atoms with Crippen LogP contribution in [0.15, 0.2) is 41.2 Å². The van der Waals surface area contributed by atoms with Crippen LogP contribution in [0.2, 0.25) is 0 Å². The number of ether oxygens (including phenoxy) is 2. The van der Waals surface area contributed by atoms with Gasteiger partial charge in [-0.15, -0.1) is 0 Å². The normalized spacial score (nSPS) is 13.6. The number of nitrogens with zero attached hydrogens (tertiary/aromatic N) is 2. The van der Waals surface area contributed by atoms with E-state index in [0.29, 0.717) is 22.8 Å². The number of benzene rings is 2. The standard InChI is InChI=1S/C21H23N3O3/c1-26-18-8-6-15(13-19(18)27-2)11-14-5-7-16-17(12-14)23-21-22-9-3-4-10-24(21)20(16)25/h5-8,12-13H,3-4,9-11H2,1-2H3,(H,22,23). The van der Waals surface area contributed by atoms with Gasteiger partial charge in [-0.25, -0.2) is 4.98 Å². The van der Waals surface area contributed by atoms with Gasteiger partial charge in [-0.05, 0) is 54.7 Å². The third-order valence-electron chi connectivity index (χ3n) is 4.97. The van der Waals surface area contributed by atoms with Gasteiger partial charge in [-0.3, -0.25) is 9.36 Å². The smallest absolute Gasteiger partial charge is 0.262 e. The molecule has 1 aliphatic rings. The monoisotopic (exact) mass is 365 g/mol. The Bertz CT molecular complexity index is 1040. The molecule has 0 spiro atoms. The molecule has 0 bridgehead atoms. The fourth-order valence-corrected chi connectivity index (χ4v) is 3.54. The van der Waals surface area contributed by atoms with E-state index in [4.69, 9.17) is 14.5 Å². The zero-order chi connectivity index (χ0) is 18.8. The van der Waals surface area contributed by atoms with E-state index in [1.807, 2.05) is 36.4 Å². The van der Waals surface area contributed by atoms with Crippen LogP contribution in [0.5, 0.6) is 11.5 Å². The first-order valence-corrected chi connectivity index (χ1v) is 9.18. The Morgan fingerprint density at radius 2 is 1.81 bits per heavy atom. The Labute approximate surface area is 157 Å². The zero-order valence-electron chi connectivity index (χ0n) is 15.6. The van der Waals surface area contributed by atoms with E-state index in [1.54, 1.807) is 18.8 Å². The van der Waals surface area contributed by atoms with Crippen molar-refractivity contribution in [3.8, 4) is 11.5 Å². The molecule has 0 atom stereocenters. The van der Waals surface area contributed by atoms with Gasteiger partial charge in [-0.2, -0.15) is 0 Å². The van der Waals surface area contributed by atoms with Gasteiger partial charge in [0.05, 0.1) is 25.1 Å². The molecule has 2 heterocycles. The number of hydrogen-bond acceptors (Lipinski definition) is 5. The molecule has 2 aromatic carbocycles. The lowest BCUT2D eigenvalue weighted by atomic mass is 10.0. The summed E-state index contributed by atoms with van der Waals surface area (Å²) in [6.07, 6.45) is 2.76. The molecule has 1 N–H and O–H groups in total. The Morgan fingerprint density at radius 3 is 2.63 bits per heavy atom. The number of rotatable bonds is 4. The van der Waals surface area contributed by atoms with Gasteiger partial charge in [0.15, 0.2) is 11.5 Å². The third kappa shape index (κ3) is 3.35. The molecule has 0 saturated carbocycles. The highest BCUT2D eigenvalue weighted by molar-refractivity contribution is 5.79. The molecular weight excluding hydrogens is 342 g/mol. The van der Waals surface area contributed by atoms with Gasteiger partial charge in [0, 0.05) is 13.1 Å². The number of aromatic nitrogens is 2. The molecular formula is C21H23N3O3. The second-order valence-electron chi connectivity index (χ2n) is 6.74. The molecule has 0 saturated heterocycles. The van der Waals surface area contributed by atoms with Crippen molar-refractivity contribution in [1.82, 2.24) is 9.55 Å². The highest BCUT2D eigenvalue weighted by Gasteiger charge is 2.14. The van der Waals surface area contributed by atoms with Crippen LogP contribution in [0, 0.1) is 0 Å². The number of anilines is 1. The van der Waals surface area contributed by atoms with E-state index < -0.39 is 0 Å². The van der Waals surface area contributed by atoms with Crippen LogP contribution in [0.25, 0.3) is 10.9 Å². The van der Waals surface area contributed by atoms with Crippen molar-refractivity contribution >= 4 is 16.9 Å². The van der Waals surface area contributed by atoms with E-state index in [1.165, 1.54) is 0 Å². The summed E-state index contributed by atoms with van der Waals surface area (Å²) >= 11 is 0. The van der Waals surface area contributed by atoms with Gasteiger partial charge in [0.1, 0.15) is 0 Å². The minimum atomic E-state index is 0.0297. The van der Waals surface area contributed by atoms with E-state index in [9.17, 15) is 4.79 Å². The zero-order valence-corrected chi connectivity index (χ0v) is 15.6. The van der Waals surface area contributed by atoms with Gasteiger partial charge >= 0.3 is 0 Å². The van der Waals surface area contributed by atoms with Gasteiger partial charge < -0.3 is 14.8 Å². The highest BCUT2D eigenvalue weighted by atomic mass is 16.5. The largest absolute Gasteiger partial charge is 0.493 e. The fraction of sp³-hybridized carbons (Fsp3) is 0.333. The first kappa shape index (κ1) is 17.4. The van der Waals surface area contributed by atoms with E-state index in [2.05, 4.69) is 5.32 Å². The molecule has 3 aromatic rings. The van der Waals surface area contributed by atoms with Crippen LogP contribution in [0.4, 0.5) is 5.95 Å². The SMILES string of the molecule is COc1ccc(Cc2ccc3c(=O)n4c(nc3c2)NCCCC4)cc1OC. The number of hydrogen-bond donors (Lipinski definition) is 1. The summed E-state index contributed by atoms with van der Waals surface area (Å²) in [7, 11) is 3.26. The topological polar surface area (TPSA) is 65.4 Å². The summed E-state index contributed by atoms with van der Waals surface area (Å²) < 4.78 is 12.4.